The van der Waals surface area contributed by atoms with Crippen LogP contribution in [0.2, 0.25) is 0 Å². The van der Waals surface area contributed by atoms with E-state index >= 15 is 0 Å². The molecule has 1 aromatic carbocycles. The van der Waals surface area contributed by atoms with E-state index < -0.39 is 0 Å². The second-order valence-corrected chi connectivity index (χ2v) is 5.35. The molecule has 0 atom stereocenters. The van der Waals surface area contributed by atoms with Crippen molar-refractivity contribution in [2.45, 2.75) is 20.0 Å². The van der Waals surface area contributed by atoms with Crippen molar-refractivity contribution < 1.29 is 0 Å². The number of rotatable bonds is 5. The molecule has 0 aliphatic heterocycles. The van der Waals surface area contributed by atoms with Gasteiger partial charge >= 0.3 is 0 Å². The minimum absolute atomic E-state index is 0.541. The highest BCUT2D eigenvalue weighted by atomic mass is 15.2. The van der Waals surface area contributed by atoms with Gasteiger partial charge in [0.25, 0.3) is 0 Å². The van der Waals surface area contributed by atoms with Crippen molar-refractivity contribution in [1.29, 1.82) is 0 Å². The standard InChI is InChI=1S/C19H21N5/c1-2-20-19(23-13-16-8-5-6-11-21-16)24-14-18-17-9-4-3-7-15(17)10-12-22-18/h3-12H,2,13-14H2,1H3,(H2,20,23,24). The van der Waals surface area contributed by atoms with Gasteiger partial charge in [-0.25, -0.2) is 4.99 Å². The summed E-state index contributed by atoms with van der Waals surface area (Å²) in [4.78, 5) is 13.4. The molecular weight excluding hydrogens is 298 g/mol. The van der Waals surface area contributed by atoms with Gasteiger partial charge in [0.05, 0.1) is 24.5 Å². The van der Waals surface area contributed by atoms with Gasteiger partial charge in [-0.15, -0.1) is 0 Å². The molecule has 24 heavy (non-hydrogen) atoms. The minimum atomic E-state index is 0.541. The summed E-state index contributed by atoms with van der Waals surface area (Å²) in [6.07, 6.45) is 3.63. The number of hydrogen-bond donors (Lipinski definition) is 2. The predicted molar refractivity (Wildman–Crippen MR) is 97.6 cm³/mol. The van der Waals surface area contributed by atoms with Crippen LogP contribution < -0.4 is 10.6 Å². The van der Waals surface area contributed by atoms with Gasteiger partial charge in [-0.1, -0.05) is 30.3 Å². The number of fused-ring (bicyclic) bond motifs is 1. The Balaban J connectivity index is 1.71. The van der Waals surface area contributed by atoms with Crippen LogP contribution in [0.1, 0.15) is 18.3 Å². The van der Waals surface area contributed by atoms with Gasteiger partial charge in [0.15, 0.2) is 5.96 Å². The number of benzene rings is 1. The highest BCUT2D eigenvalue weighted by Crippen LogP contribution is 2.15. The monoisotopic (exact) mass is 319 g/mol. The number of nitrogens with one attached hydrogen (secondary N) is 2. The lowest BCUT2D eigenvalue weighted by molar-refractivity contribution is 0.801. The summed E-state index contributed by atoms with van der Waals surface area (Å²) in [7, 11) is 0. The molecule has 3 rings (SSSR count). The third-order valence-electron chi connectivity index (χ3n) is 3.65. The zero-order valence-corrected chi connectivity index (χ0v) is 13.7. The molecule has 0 unspecified atom stereocenters. The smallest absolute Gasteiger partial charge is 0.191 e. The number of hydrogen-bond acceptors (Lipinski definition) is 3. The second kappa shape index (κ2) is 8.06. The Morgan fingerprint density at radius 2 is 1.83 bits per heavy atom. The Kier molecular flexibility index (Phi) is 5.35. The summed E-state index contributed by atoms with van der Waals surface area (Å²) in [5.41, 5.74) is 1.95. The zero-order valence-electron chi connectivity index (χ0n) is 13.7. The van der Waals surface area contributed by atoms with E-state index in [-0.39, 0.29) is 0 Å². The SMILES string of the molecule is CCNC(=NCc1ccccn1)NCc1nccc2ccccc12. The maximum absolute atomic E-state index is 4.58. The van der Waals surface area contributed by atoms with Gasteiger partial charge in [-0.05, 0) is 30.5 Å². The Bertz CT molecular complexity index is 809. The minimum Gasteiger partial charge on any atom is -0.357 e. The Morgan fingerprint density at radius 1 is 0.958 bits per heavy atom. The summed E-state index contributed by atoms with van der Waals surface area (Å²) in [5.74, 6) is 0.762. The fourth-order valence-corrected chi connectivity index (χ4v) is 2.48. The second-order valence-electron chi connectivity index (χ2n) is 5.35. The van der Waals surface area contributed by atoms with Crippen molar-refractivity contribution in [1.82, 2.24) is 20.6 Å². The summed E-state index contributed by atoms with van der Waals surface area (Å²) in [6.45, 7) is 4.01. The summed E-state index contributed by atoms with van der Waals surface area (Å²) < 4.78 is 0. The molecule has 2 N–H and O–H groups in total. The fourth-order valence-electron chi connectivity index (χ4n) is 2.48. The van der Waals surface area contributed by atoms with Gasteiger partial charge in [-0.2, -0.15) is 0 Å². The molecule has 0 bridgehead atoms. The average molecular weight is 319 g/mol. The number of aliphatic imine (C=N–C) groups is 1. The molecule has 0 fully saturated rings. The average Bonchev–Trinajstić information content (AvgIpc) is 2.65. The highest BCUT2D eigenvalue weighted by molar-refractivity contribution is 5.85. The van der Waals surface area contributed by atoms with Crippen LogP contribution in [0.15, 0.2) is 65.9 Å². The quantitative estimate of drug-likeness (QED) is 0.561. The number of nitrogens with zero attached hydrogens (tertiary/aromatic N) is 3. The topological polar surface area (TPSA) is 62.2 Å². The van der Waals surface area contributed by atoms with Crippen molar-refractivity contribution in [3.63, 3.8) is 0 Å². The van der Waals surface area contributed by atoms with E-state index in [9.17, 15) is 0 Å². The maximum Gasteiger partial charge on any atom is 0.191 e. The van der Waals surface area contributed by atoms with Gasteiger partial charge in [0.1, 0.15) is 0 Å². The van der Waals surface area contributed by atoms with Crippen LogP contribution in [0.25, 0.3) is 10.8 Å². The largest absolute Gasteiger partial charge is 0.357 e. The lowest BCUT2D eigenvalue weighted by atomic mass is 10.1. The van der Waals surface area contributed by atoms with E-state index in [1.54, 1.807) is 6.20 Å². The van der Waals surface area contributed by atoms with Crippen LogP contribution >= 0.6 is 0 Å². The first-order valence-electron chi connectivity index (χ1n) is 8.11. The first-order chi connectivity index (χ1) is 11.9. The third kappa shape index (κ3) is 4.07. The van der Waals surface area contributed by atoms with Crippen molar-refractivity contribution in [2.24, 2.45) is 4.99 Å². The maximum atomic E-state index is 4.58. The van der Waals surface area contributed by atoms with Crippen LogP contribution in [0, 0.1) is 0 Å². The molecule has 2 aromatic heterocycles. The molecule has 0 aliphatic carbocycles. The molecule has 0 saturated heterocycles. The summed E-state index contributed by atoms with van der Waals surface area (Å²) in [5, 5.41) is 8.96. The van der Waals surface area contributed by atoms with Crippen molar-refractivity contribution in [3.05, 3.63) is 72.3 Å². The molecule has 0 spiro atoms. The molecule has 0 saturated carbocycles. The Hall–Kier alpha value is -2.95. The first-order valence-corrected chi connectivity index (χ1v) is 8.11. The van der Waals surface area contributed by atoms with Crippen molar-refractivity contribution in [2.75, 3.05) is 6.54 Å². The van der Waals surface area contributed by atoms with E-state index in [4.69, 9.17) is 0 Å². The number of aromatic nitrogens is 2. The first kappa shape index (κ1) is 15.9. The molecule has 0 aliphatic rings. The van der Waals surface area contributed by atoms with Gasteiger partial charge < -0.3 is 10.6 Å². The van der Waals surface area contributed by atoms with E-state index in [2.05, 4.69) is 37.7 Å². The molecule has 122 valence electrons. The van der Waals surface area contributed by atoms with E-state index in [0.717, 1.165) is 29.3 Å². The Morgan fingerprint density at radius 3 is 2.67 bits per heavy atom. The molecular formula is C19H21N5. The van der Waals surface area contributed by atoms with Gasteiger partial charge in [0, 0.05) is 24.3 Å². The lowest BCUT2D eigenvalue weighted by Crippen LogP contribution is -2.37. The van der Waals surface area contributed by atoms with Crippen LogP contribution in [0.3, 0.4) is 0 Å². The molecule has 5 nitrogen and oxygen atoms in total. The van der Waals surface area contributed by atoms with E-state index in [0.29, 0.717) is 13.1 Å². The summed E-state index contributed by atoms with van der Waals surface area (Å²) in [6, 6.07) is 16.1. The van der Waals surface area contributed by atoms with Crippen LogP contribution in [-0.2, 0) is 13.1 Å². The highest BCUT2D eigenvalue weighted by Gasteiger charge is 2.03. The van der Waals surface area contributed by atoms with Crippen LogP contribution in [0.4, 0.5) is 0 Å². The zero-order chi connectivity index (χ0) is 16.6. The van der Waals surface area contributed by atoms with E-state index in [1.807, 2.05) is 49.5 Å². The fraction of sp³-hybridized carbons (Fsp3) is 0.211. The molecule has 5 heteroatoms. The van der Waals surface area contributed by atoms with E-state index in [1.165, 1.54) is 5.39 Å². The summed E-state index contributed by atoms with van der Waals surface area (Å²) >= 11 is 0. The van der Waals surface area contributed by atoms with Crippen molar-refractivity contribution >= 4 is 16.7 Å². The number of guanidine groups is 1. The molecule has 0 amide bonds. The van der Waals surface area contributed by atoms with Gasteiger partial charge in [0.2, 0.25) is 0 Å². The molecule has 2 heterocycles. The molecule has 3 aromatic rings. The van der Waals surface area contributed by atoms with Gasteiger partial charge in [-0.3, -0.25) is 9.97 Å². The number of pyridine rings is 2. The lowest BCUT2D eigenvalue weighted by Gasteiger charge is -2.12. The van der Waals surface area contributed by atoms with Crippen LogP contribution in [0.5, 0.6) is 0 Å². The normalized spacial score (nSPS) is 11.5. The van der Waals surface area contributed by atoms with Crippen LogP contribution in [-0.4, -0.2) is 22.5 Å². The van der Waals surface area contributed by atoms with Crippen molar-refractivity contribution in [3.8, 4) is 0 Å². The molecule has 0 radical (unpaired) electrons. The third-order valence-corrected chi connectivity index (χ3v) is 3.65. The predicted octanol–water partition coefficient (Wildman–Crippen LogP) is 2.89. The Labute approximate surface area is 141 Å².